The second kappa shape index (κ2) is 6.66. The topological polar surface area (TPSA) is 75.0 Å². The Morgan fingerprint density at radius 1 is 1.33 bits per heavy atom. The number of halogens is 1. The van der Waals surface area contributed by atoms with Crippen molar-refractivity contribution in [3.8, 4) is 11.3 Å². The molecule has 6 nitrogen and oxygen atoms in total. The Kier molecular flexibility index (Phi) is 4.41. The van der Waals surface area contributed by atoms with Gasteiger partial charge in [-0.05, 0) is 31.2 Å². The number of benzene rings is 1. The molecule has 24 heavy (non-hydrogen) atoms. The molecule has 0 radical (unpaired) electrons. The van der Waals surface area contributed by atoms with Crippen molar-refractivity contribution < 1.29 is 13.7 Å². The number of aryl methyl sites for hydroxylation is 1. The minimum atomic E-state index is -0.297. The van der Waals surface area contributed by atoms with Gasteiger partial charge in [0.1, 0.15) is 11.6 Å². The van der Waals surface area contributed by atoms with Gasteiger partial charge >= 0.3 is 0 Å². The lowest BCUT2D eigenvalue weighted by Crippen LogP contribution is -2.27. The summed E-state index contributed by atoms with van der Waals surface area (Å²) in [6.07, 6.45) is 1.82. The van der Waals surface area contributed by atoms with Crippen LogP contribution in [0, 0.1) is 12.7 Å². The molecule has 1 amide bonds. The van der Waals surface area contributed by atoms with Crippen molar-refractivity contribution >= 4 is 5.91 Å². The highest BCUT2D eigenvalue weighted by Crippen LogP contribution is 2.22. The Bertz CT molecular complexity index is 838. The number of aromatic amines is 1. The van der Waals surface area contributed by atoms with E-state index < -0.39 is 0 Å². The van der Waals surface area contributed by atoms with Gasteiger partial charge in [0.05, 0.1) is 24.0 Å². The molecule has 2 heterocycles. The summed E-state index contributed by atoms with van der Waals surface area (Å²) < 4.78 is 18.1. The lowest BCUT2D eigenvalue weighted by Gasteiger charge is -2.16. The van der Waals surface area contributed by atoms with Crippen LogP contribution in [0.4, 0.5) is 4.39 Å². The zero-order chi connectivity index (χ0) is 17.1. The quantitative estimate of drug-likeness (QED) is 0.781. The van der Waals surface area contributed by atoms with Gasteiger partial charge < -0.3 is 9.42 Å². The van der Waals surface area contributed by atoms with Gasteiger partial charge in [-0.1, -0.05) is 5.16 Å². The lowest BCUT2D eigenvalue weighted by molar-refractivity contribution is -0.130. The van der Waals surface area contributed by atoms with Gasteiger partial charge in [0.2, 0.25) is 5.91 Å². The summed E-state index contributed by atoms with van der Waals surface area (Å²) in [7, 11) is 1.72. The molecule has 0 atom stereocenters. The summed E-state index contributed by atoms with van der Waals surface area (Å²) in [4.78, 5) is 13.9. The summed E-state index contributed by atoms with van der Waals surface area (Å²) in [6, 6.07) is 7.87. The van der Waals surface area contributed by atoms with Crippen LogP contribution < -0.4 is 0 Å². The summed E-state index contributed by atoms with van der Waals surface area (Å²) in [5.41, 5.74) is 3.18. The third-order valence-corrected chi connectivity index (χ3v) is 3.69. The first-order valence-corrected chi connectivity index (χ1v) is 7.47. The van der Waals surface area contributed by atoms with Gasteiger partial charge in [-0.25, -0.2) is 4.39 Å². The Morgan fingerprint density at radius 2 is 2.08 bits per heavy atom. The van der Waals surface area contributed by atoms with E-state index in [1.807, 2.05) is 6.92 Å². The van der Waals surface area contributed by atoms with Gasteiger partial charge in [-0.2, -0.15) is 5.10 Å². The predicted octanol–water partition coefficient (Wildman–Crippen LogP) is 2.71. The number of nitrogens with zero attached hydrogens (tertiary/aromatic N) is 3. The second-order valence-electron chi connectivity index (χ2n) is 5.64. The largest absolute Gasteiger partial charge is 0.361 e. The molecular weight excluding hydrogens is 311 g/mol. The normalized spacial score (nSPS) is 10.8. The summed E-state index contributed by atoms with van der Waals surface area (Å²) >= 11 is 0. The molecule has 0 fully saturated rings. The number of aromatic nitrogens is 3. The highest BCUT2D eigenvalue weighted by Gasteiger charge is 2.16. The maximum atomic E-state index is 13.1. The van der Waals surface area contributed by atoms with Crippen LogP contribution in [0.25, 0.3) is 11.3 Å². The lowest BCUT2D eigenvalue weighted by atomic mass is 10.1. The van der Waals surface area contributed by atoms with Crippen LogP contribution in [0.5, 0.6) is 0 Å². The maximum Gasteiger partial charge on any atom is 0.230 e. The molecule has 1 N–H and O–H groups in total. The summed E-state index contributed by atoms with van der Waals surface area (Å²) in [5.74, 6) is 0.155. The van der Waals surface area contributed by atoms with Crippen molar-refractivity contribution in [3.05, 3.63) is 59.4 Å². The average Bonchev–Trinajstić information content (AvgIpc) is 3.17. The zero-order valence-corrected chi connectivity index (χ0v) is 13.4. The van der Waals surface area contributed by atoms with Gasteiger partial charge in [-0.3, -0.25) is 9.89 Å². The van der Waals surface area contributed by atoms with Crippen molar-refractivity contribution in [2.45, 2.75) is 19.9 Å². The number of rotatable bonds is 5. The molecule has 0 aliphatic heterocycles. The summed E-state index contributed by atoms with van der Waals surface area (Å²) in [5, 5.41) is 10.7. The van der Waals surface area contributed by atoms with E-state index in [0.717, 1.165) is 22.5 Å². The third-order valence-electron chi connectivity index (χ3n) is 3.69. The molecule has 0 saturated heterocycles. The summed E-state index contributed by atoms with van der Waals surface area (Å²) in [6.45, 7) is 2.19. The molecule has 1 aromatic carbocycles. The number of carbonyl (C=O) groups is 1. The standard InChI is InChI=1S/C17H17FN4O2/c1-11-7-15(24-21-11)8-16(23)22(2)10-13-9-19-20-17(13)12-3-5-14(18)6-4-12/h3-7,9H,8,10H2,1-2H3,(H,19,20). The van der Waals surface area contributed by atoms with Crippen molar-refractivity contribution in [2.24, 2.45) is 0 Å². The molecule has 2 aromatic heterocycles. The van der Waals surface area contributed by atoms with E-state index in [2.05, 4.69) is 15.4 Å². The van der Waals surface area contributed by atoms with Crippen molar-refractivity contribution in [3.63, 3.8) is 0 Å². The number of nitrogens with one attached hydrogen (secondary N) is 1. The number of hydrogen-bond donors (Lipinski definition) is 1. The van der Waals surface area contributed by atoms with Crippen molar-refractivity contribution in [2.75, 3.05) is 7.05 Å². The number of H-pyrrole nitrogens is 1. The fraction of sp³-hybridized carbons (Fsp3) is 0.235. The highest BCUT2D eigenvalue weighted by molar-refractivity contribution is 5.78. The molecule has 124 valence electrons. The number of hydrogen-bond acceptors (Lipinski definition) is 4. The van der Waals surface area contributed by atoms with Gasteiger partial charge in [0.15, 0.2) is 0 Å². The Labute approximate surface area is 138 Å². The molecular formula is C17H17FN4O2. The first-order valence-electron chi connectivity index (χ1n) is 7.47. The molecule has 0 aliphatic rings. The maximum absolute atomic E-state index is 13.1. The van der Waals surface area contributed by atoms with E-state index in [0.29, 0.717) is 12.3 Å². The van der Waals surface area contributed by atoms with E-state index >= 15 is 0 Å². The Morgan fingerprint density at radius 3 is 2.75 bits per heavy atom. The van der Waals surface area contributed by atoms with Crippen molar-refractivity contribution in [1.82, 2.24) is 20.3 Å². The fourth-order valence-corrected chi connectivity index (χ4v) is 2.42. The highest BCUT2D eigenvalue weighted by atomic mass is 19.1. The van der Waals surface area contributed by atoms with E-state index in [9.17, 15) is 9.18 Å². The SMILES string of the molecule is Cc1cc(CC(=O)N(C)Cc2cn[nH]c2-c2ccc(F)cc2)on1. The number of likely N-dealkylation sites (N-methyl/N-ethyl adjacent to an activating group) is 1. The van der Waals surface area contributed by atoms with Crippen LogP contribution in [0.1, 0.15) is 17.0 Å². The monoisotopic (exact) mass is 328 g/mol. The van der Waals surface area contributed by atoms with Gasteiger partial charge in [0.25, 0.3) is 0 Å². The molecule has 0 saturated carbocycles. The van der Waals surface area contributed by atoms with Crippen LogP contribution in [0.2, 0.25) is 0 Å². The number of amides is 1. The minimum Gasteiger partial charge on any atom is -0.361 e. The molecule has 0 spiro atoms. The molecule has 7 heteroatoms. The predicted molar refractivity (Wildman–Crippen MR) is 85.4 cm³/mol. The van der Waals surface area contributed by atoms with Crippen LogP contribution in [-0.4, -0.2) is 33.2 Å². The van der Waals surface area contributed by atoms with Gasteiger partial charge in [0, 0.05) is 30.8 Å². The molecule has 3 rings (SSSR count). The molecule has 0 unspecified atom stereocenters. The first kappa shape index (κ1) is 15.9. The minimum absolute atomic E-state index is 0.0857. The number of carbonyl (C=O) groups excluding carboxylic acids is 1. The molecule has 3 aromatic rings. The van der Waals surface area contributed by atoms with E-state index in [1.54, 1.807) is 36.3 Å². The van der Waals surface area contributed by atoms with E-state index in [-0.39, 0.29) is 18.1 Å². The molecule has 0 bridgehead atoms. The van der Waals surface area contributed by atoms with Crippen LogP contribution in [-0.2, 0) is 17.8 Å². The van der Waals surface area contributed by atoms with Crippen LogP contribution in [0.3, 0.4) is 0 Å². The second-order valence-corrected chi connectivity index (χ2v) is 5.64. The third kappa shape index (κ3) is 3.51. The van der Waals surface area contributed by atoms with Crippen molar-refractivity contribution in [1.29, 1.82) is 0 Å². The first-order chi connectivity index (χ1) is 11.5. The fourth-order valence-electron chi connectivity index (χ4n) is 2.42. The average molecular weight is 328 g/mol. The smallest absolute Gasteiger partial charge is 0.230 e. The van der Waals surface area contributed by atoms with Crippen LogP contribution >= 0.6 is 0 Å². The van der Waals surface area contributed by atoms with Gasteiger partial charge in [-0.15, -0.1) is 0 Å². The van der Waals surface area contributed by atoms with Crippen LogP contribution in [0.15, 0.2) is 41.1 Å². The Balaban J connectivity index is 1.70. The van der Waals surface area contributed by atoms with E-state index in [4.69, 9.17) is 4.52 Å². The Hall–Kier alpha value is -2.96. The zero-order valence-electron chi connectivity index (χ0n) is 13.4. The molecule has 0 aliphatic carbocycles. The van der Waals surface area contributed by atoms with E-state index in [1.165, 1.54) is 12.1 Å².